The van der Waals surface area contributed by atoms with Gasteiger partial charge in [0.1, 0.15) is 5.82 Å². The monoisotopic (exact) mass is 334 g/mol. The highest BCUT2D eigenvalue weighted by Crippen LogP contribution is 2.27. The summed E-state index contributed by atoms with van der Waals surface area (Å²) in [6, 6.07) is 4.91. The number of imidazole rings is 1. The molecule has 3 rings (SSSR count). The van der Waals surface area contributed by atoms with Crippen LogP contribution >= 0.6 is 11.3 Å². The fourth-order valence-electron chi connectivity index (χ4n) is 3.05. The summed E-state index contributed by atoms with van der Waals surface area (Å²) in [5.74, 6) is 1.11. The van der Waals surface area contributed by atoms with Gasteiger partial charge in [0.2, 0.25) is 0 Å². The second kappa shape index (κ2) is 8.06. The topological polar surface area (TPSA) is 42.3 Å². The van der Waals surface area contributed by atoms with Gasteiger partial charge in [-0.15, -0.1) is 11.3 Å². The van der Waals surface area contributed by atoms with Crippen LogP contribution < -0.4 is 5.32 Å². The summed E-state index contributed by atoms with van der Waals surface area (Å²) in [4.78, 5) is 9.79. The van der Waals surface area contributed by atoms with Crippen LogP contribution in [-0.4, -0.2) is 47.3 Å². The first-order valence-electron chi connectivity index (χ1n) is 8.36. The third kappa shape index (κ3) is 4.20. The Labute approximate surface area is 142 Å². The number of hydrogen-bond acceptors (Lipinski definition) is 5. The van der Waals surface area contributed by atoms with Gasteiger partial charge in [0.05, 0.1) is 25.8 Å². The van der Waals surface area contributed by atoms with Gasteiger partial charge in [0.15, 0.2) is 0 Å². The van der Waals surface area contributed by atoms with E-state index < -0.39 is 0 Å². The summed E-state index contributed by atoms with van der Waals surface area (Å²) >= 11 is 1.90. The maximum absolute atomic E-state index is 5.51. The van der Waals surface area contributed by atoms with Crippen molar-refractivity contribution in [2.45, 2.75) is 33.0 Å². The number of aryl methyl sites for hydroxylation is 2. The molecule has 0 amide bonds. The summed E-state index contributed by atoms with van der Waals surface area (Å²) in [6.45, 7) is 10.7. The number of nitrogens with zero attached hydrogens (tertiary/aromatic N) is 3. The second-order valence-corrected chi connectivity index (χ2v) is 7.19. The van der Waals surface area contributed by atoms with Gasteiger partial charge >= 0.3 is 0 Å². The van der Waals surface area contributed by atoms with E-state index >= 15 is 0 Å². The van der Waals surface area contributed by atoms with Crippen molar-refractivity contribution in [3.63, 3.8) is 0 Å². The van der Waals surface area contributed by atoms with Crippen LogP contribution in [-0.2, 0) is 17.8 Å². The minimum absolute atomic E-state index is 0.419. The van der Waals surface area contributed by atoms with E-state index in [2.05, 4.69) is 45.7 Å². The van der Waals surface area contributed by atoms with Crippen molar-refractivity contribution in [3.8, 4) is 0 Å². The molecule has 0 bridgehead atoms. The lowest BCUT2D eigenvalue weighted by atomic mass is 10.2. The van der Waals surface area contributed by atoms with Gasteiger partial charge in [-0.2, -0.15) is 0 Å². The van der Waals surface area contributed by atoms with E-state index in [0.717, 1.165) is 51.8 Å². The van der Waals surface area contributed by atoms with Gasteiger partial charge in [-0.3, -0.25) is 4.90 Å². The molecule has 0 aromatic carbocycles. The summed E-state index contributed by atoms with van der Waals surface area (Å²) in [7, 11) is 0. The molecule has 5 nitrogen and oxygen atoms in total. The molecule has 0 spiro atoms. The standard InChI is InChI=1S/C17H26N4OS/c1-3-20-7-6-19-17(20)13-18-12-15(16-5-4-14(2)23-16)21-8-10-22-11-9-21/h4-7,15,18H,3,8-13H2,1-2H3/t15-/m0/s1. The van der Waals surface area contributed by atoms with Crippen molar-refractivity contribution in [1.82, 2.24) is 19.8 Å². The minimum Gasteiger partial charge on any atom is -0.379 e. The molecule has 0 unspecified atom stereocenters. The van der Waals surface area contributed by atoms with Crippen LogP contribution in [0.15, 0.2) is 24.5 Å². The number of ether oxygens (including phenoxy) is 1. The fraction of sp³-hybridized carbons (Fsp3) is 0.588. The number of nitrogens with one attached hydrogen (secondary N) is 1. The summed E-state index contributed by atoms with van der Waals surface area (Å²) in [5.41, 5.74) is 0. The summed E-state index contributed by atoms with van der Waals surface area (Å²) < 4.78 is 7.70. The number of hydrogen-bond donors (Lipinski definition) is 1. The Bertz CT molecular complexity index is 603. The van der Waals surface area contributed by atoms with Crippen molar-refractivity contribution in [2.24, 2.45) is 0 Å². The van der Waals surface area contributed by atoms with Crippen LogP contribution in [0, 0.1) is 6.92 Å². The van der Waals surface area contributed by atoms with Crippen molar-refractivity contribution < 1.29 is 4.74 Å². The van der Waals surface area contributed by atoms with Crippen LogP contribution in [0.2, 0.25) is 0 Å². The summed E-state index contributed by atoms with van der Waals surface area (Å²) in [5, 5.41) is 3.61. The molecule has 1 aliphatic heterocycles. The zero-order valence-corrected chi connectivity index (χ0v) is 14.8. The molecule has 1 saturated heterocycles. The van der Waals surface area contributed by atoms with Gasteiger partial charge in [0, 0.05) is 48.3 Å². The van der Waals surface area contributed by atoms with Gasteiger partial charge in [-0.25, -0.2) is 4.98 Å². The summed E-state index contributed by atoms with van der Waals surface area (Å²) in [6.07, 6.45) is 3.92. The van der Waals surface area contributed by atoms with E-state index in [0.29, 0.717) is 6.04 Å². The molecule has 23 heavy (non-hydrogen) atoms. The molecular weight excluding hydrogens is 308 g/mol. The average molecular weight is 334 g/mol. The van der Waals surface area contributed by atoms with E-state index in [9.17, 15) is 0 Å². The number of morpholine rings is 1. The van der Waals surface area contributed by atoms with Crippen molar-refractivity contribution in [2.75, 3.05) is 32.8 Å². The van der Waals surface area contributed by atoms with Crippen molar-refractivity contribution in [1.29, 1.82) is 0 Å². The molecule has 0 aliphatic carbocycles. The predicted octanol–water partition coefficient (Wildman–Crippen LogP) is 2.44. The lowest BCUT2D eigenvalue weighted by molar-refractivity contribution is 0.0168. The molecule has 0 saturated carbocycles. The molecule has 0 radical (unpaired) electrons. The highest BCUT2D eigenvalue weighted by Gasteiger charge is 2.23. The molecule has 2 aromatic heterocycles. The Morgan fingerprint density at radius 2 is 2.17 bits per heavy atom. The smallest absolute Gasteiger partial charge is 0.122 e. The van der Waals surface area contributed by atoms with Crippen LogP contribution in [0.25, 0.3) is 0 Å². The number of rotatable bonds is 7. The first-order chi connectivity index (χ1) is 11.3. The Kier molecular flexibility index (Phi) is 5.83. The van der Waals surface area contributed by atoms with Crippen molar-refractivity contribution in [3.05, 3.63) is 40.1 Å². The van der Waals surface area contributed by atoms with E-state index in [1.807, 2.05) is 23.7 Å². The molecule has 3 heterocycles. The third-order valence-corrected chi connectivity index (χ3v) is 5.44. The molecule has 2 aromatic rings. The van der Waals surface area contributed by atoms with Crippen LogP contribution in [0.3, 0.4) is 0 Å². The van der Waals surface area contributed by atoms with Crippen LogP contribution in [0.5, 0.6) is 0 Å². The molecule has 126 valence electrons. The SMILES string of the molecule is CCn1ccnc1CNC[C@@H](c1ccc(C)s1)N1CCOCC1. The molecule has 1 atom stereocenters. The first kappa shape index (κ1) is 16.6. The Balaban J connectivity index is 1.63. The lowest BCUT2D eigenvalue weighted by Crippen LogP contribution is -2.42. The average Bonchev–Trinajstić information content (AvgIpc) is 3.21. The maximum atomic E-state index is 5.51. The Hall–Kier alpha value is -1.21. The van der Waals surface area contributed by atoms with Gasteiger partial charge < -0.3 is 14.6 Å². The molecular formula is C17H26N4OS. The van der Waals surface area contributed by atoms with Gasteiger partial charge in [0.25, 0.3) is 0 Å². The Morgan fingerprint density at radius 1 is 1.35 bits per heavy atom. The molecule has 1 N–H and O–H groups in total. The van der Waals surface area contributed by atoms with Crippen molar-refractivity contribution >= 4 is 11.3 Å². The first-order valence-corrected chi connectivity index (χ1v) is 9.18. The maximum Gasteiger partial charge on any atom is 0.122 e. The quantitative estimate of drug-likeness (QED) is 0.844. The van der Waals surface area contributed by atoms with E-state index in [-0.39, 0.29) is 0 Å². The van der Waals surface area contributed by atoms with Crippen LogP contribution in [0.4, 0.5) is 0 Å². The lowest BCUT2D eigenvalue weighted by Gasteiger charge is -2.34. The van der Waals surface area contributed by atoms with E-state index in [1.165, 1.54) is 9.75 Å². The highest BCUT2D eigenvalue weighted by molar-refractivity contribution is 7.12. The largest absolute Gasteiger partial charge is 0.379 e. The van der Waals surface area contributed by atoms with Gasteiger partial charge in [-0.1, -0.05) is 0 Å². The Morgan fingerprint density at radius 3 is 2.87 bits per heavy atom. The van der Waals surface area contributed by atoms with Crippen LogP contribution in [0.1, 0.15) is 28.5 Å². The van der Waals surface area contributed by atoms with E-state index in [4.69, 9.17) is 4.74 Å². The fourth-order valence-corrected chi connectivity index (χ4v) is 4.06. The minimum atomic E-state index is 0.419. The number of thiophene rings is 1. The predicted molar refractivity (Wildman–Crippen MR) is 93.8 cm³/mol. The zero-order chi connectivity index (χ0) is 16.1. The molecule has 1 aliphatic rings. The van der Waals surface area contributed by atoms with Gasteiger partial charge in [-0.05, 0) is 26.0 Å². The molecule has 1 fully saturated rings. The van der Waals surface area contributed by atoms with E-state index in [1.54, 1.807) is 0 Å². The highest BCUT2D eigenvalue weighted by atomic mass is 32.1. The zero-order valence-electron chi connectivity index (χ0n) is 14.0. The molecule has 6 heteroatoms. The normalized spacial score (nSPS) is 17.5. The number of aromatic nitrogens is 2. The second-order valence-electron chi connectivity index (χ2n) is 5.87. The third-order valence-electron chi connectivity index (χ3n) is 4.34.